The highest BCUT2D eigenvalue weighted by molar-refractivity contribution is 5.91. The van der Waals surface area contributed by atoms with Crippen LogP contribution in [0.1, 0.15) is 0 Å². The molecule has 0 N–H and O–H groups in total. The highest BCUT2D eigenvalue weighted by Gasteiger charge is 2.17. The molecule has 0 unspecified atom stereocenters. The largest absolute Gasteiger partial charge is 0.493 e. The van der Waals surface area contributed by atoms with Gasteiger partial charge in [0.15, 0.2) is 11.5 Å². The van der Waals surface area contributed by atoms with Gasteiger partial charge in [0.05, 0.1) is 32.5 Å². The van der Waals surface area contributed by atoms with E-state index in [1.54, 1.807) is 33.5 Å². The Morgan fingerprint density at radius 3 is 2.07 bits per heavy atom. The molecule has 0 bridgehead atoms. The van der Waals surface area contributed by atoms with E-state index in [1.807, 2.05) is 24.3 Å². The Morgan fingerprint density at radius 1 is 0.759 bits per heavy atom. The molecular formula is C22H18FN3O3. The molecule has 4 aromatic rings. The van der Waals surface area contributed by atoms with Crippen LogP contribution in [-0.4, -0.2) is 36.3 Å². The molecule has 0 spiro atoms. The quantitative estimate of drug-likeness (QED) is 0.498. The third-order valence-electron chi connectivity index (χ3n) is 4.56. The standard InChI is InChI=1S/C22H18FN3O3/c1-27-18-10-14(11-19(28-2)22(18)29-3)20-21-17(24-12-25-20)9-8-16(26-21)13-4-6-15(23)7-5-13/h4-12H,1-3H3. The van der Waals surface area contributed by atoms with Gasteiger partial charge in [-0.2, -0.15) is 0 Å². The van der Waals surface area contributed by atoms with E-state index in [0.29, 0.717) is 39.7 Å². The lowest BCUT2D eigenvalue weighted by atomic mass is 10.1. The number of nitrogens with zero attached hydrogens (tertiary/aromatic N) is 3. The van der Waals surface area contributed by atoms with Gasteiger partial charge in [0, 0.05) is 11.1 Å². The van der Waals surface area contributed by atoms with Crippen molar-refractivity contribution < 1.29 is 18.6 Å². The average molecular weight is 391 g/mol. The first-order chi connectivity index (χ1) is 14.1. The topological polar surface area (TPSA) is 66.4 Å². The molecule has 146 valence electrons. The van der Waals surface area contributed by atoms with Crippen molar-refractivity contribution in [3.05, 3.63) is 60.7 Å². The number of hydrogen-bond acceptors (Lipinski definition) is 6. The van der Waals surface area contributed by atoms with E-state index < -0.39 is 0 Å². The van der Waals surface area contributed by atoms with Crippen LogP contribution in [-0.2, 0) is 0 Å². The minimum absolute atomic E-state index is 0.295. The van der Waals surface area contributed by atoms with Crippen LogP contribution in [0, 0.1) is 5.82 Å². The van der Waals surface area contributed by atoms with E-state index in [1.165, 1.54) is 18.5 Å². The van der Waals surface area contributed by atoms with Crippen LogP contribution in [0.15, 0.2) is 54.9 Å². The summed E-state index contributed by atoms with van der Waals surface area (Å²) in [7, 11) is 4.67. The van der Waals surface area contributed by atoms with E-state index in [9.17, 15) is 4.39 Å². The summed E-state index contributed by atoms with van der Waals surface area (Å²) < 4.78 is 29.6. The number of methoxy groups -OCH3 is 3. The Hall–Kier alpha value is -3.74. The highest BCUT2D eigenvalue weighted by Crippen LogP contribution is 2.41. The summed E-state index contributed by atoms with van der Waals surface area (Å²) in [6.45, 7) is 0. The molecule has 0 saturated heterocycles. The maximum Gasteiger partial charge on any atom is 0.203 e. The zero-order valence-corrected chi connectivity index (χ0v) is 16.1. The van der Waals surface area contributed by atoms with Crippen molar-refractivity contribution >= 4 is 11.0 Å². The van der Waals surface area contributed by atoms with Crippen LogP contribution in [0.4, 0.5) is 4.39 Å². The first-order valence-corrected chi connectivity index (χ1v) is 8.82. The predicted octanol–water partition coefficient (Wildman–Crippen LogP) is 4.52. The smallest absolute Gasteiger partial charge is 0.203 e. The van der Waals surface area contributed by atoms with Crippen molar-refractivity contribution in [2.24, 2.45) is 0 Å². The Labute approximate surface area is 166 Å². The van der Waals surface area contributed by atoms with Gasteiger partial charge in [-0.05, 0) is 48.5 Å². The van der Waals surface area contributed by atoms with Gasteiger partial charge in [0.25, 0.3) is 0 Å². The third kappa shape index (κ3) is 3.42. The van der Waals surface area contributed by atoms with Gasteiger partial charge >= 0.3 is 0 Å². The lowest BCUT2D eigenvalue weighted by molar-refractivity contribution is 0.324. The first kappa shape index (κ1) is 18.6. The average Bonchev–Trinajstić information content (AvgIpc) is 2.77. The number of rotatable bonds is 5. The zero-order chi connectivity index (χ0) is 20.4. The van der Waals surface area contributed by atoms with E-state index in [-0.39, 0.29) is 5.82 Å². The van der Waals surface area contributed by atoms with Gasteiger partial charge < -0.3 is 14.2 Å². The zero-order valence-electron chi connectivity index (χ0n) is 16.1. The molecule has 0 aliphatic rings. The molecule has 0 radical (unpaired) electrons. The van der Waals surface area contributed by atoms with E-state index in [4.69, 9.17) is 19.2 Å². The molecular weight excluding hydrogens is 373 g/mol. The first-order valence-electron chi connectivity index (χ1n) is 8.82. The molecule has 4 rings (SSSR count). The summed E-state index contributed by atoms with van der Waals surface area (Å²) >= 11 is 0. The fourth-order valence-corrected chi connectivity index (χ4v) is 3.15. The molecule has 2 aromatic heterocycles. The summed E-state index contributed by atoms with van der Waals surface area (Å²) in [6.07, 6.45) is 1.49. The molecule has 0 aliphatic heterocycles. The molecule has 29 heavy (non-hydrogen) atoms. The second kappa shape index (κ2) is 7.71. The Morgan fingerprint density at radius 2 is 1.45 bits per heavy atom. The van der Waals surface area contributed by atoms with E-state index in [2.05, 4.69) is 9.97 Å². The fraction of sp³-hybridized carbons (Fsp3) is 0.136. The Kier molecular flexibility index (Phi) is 4.95. The maximum absolute atomic E-state index is 13.3. The van der Waals surface area contributed by atoms with Gasteiger partial charge in [-0.1, -0.05) is 0 Å². The molecule has 6 nitrogen and oxygen atoms in total. The van der Waals surface area contributed by atoms with Gasteiger partial charge in [0.2, 0.25) is 5.75 Å². The summed E-state index contributed by atoms with van der Waals surface area (Å²) in [5.74, 6) is 1.24. The van der Waals surface area contributed by atoms with Crippen LogP contribution in [0.25, 0.3) is 33.5 Å². The SMILES string of the molecule is COc1cc(-c2ncnc3ccc(-c4ccc(F)cc4)nc23)cc(OC)c1OC. The van der Waals surface area contributed by atoms with E-state index in [0.717, 1.165) is 11.1 Å². The second-order valence-corrected chi connectivity index (χ2v) is 6.21. The Balaban J connectivity index is 1.92. The maximum atomic E-state index is 13.3. The van der Waals surface area contributed by atoms with Crippen LogP contribution >= 0.6 is 0 Å². The predicted molar refractivity (Wildman–Crippen MR) is 108 cm³/mol. The summed E-state index contributed by atoms with van der Waals surface area (Å²) in [6, 6.07) is 13.5. The minimum Gasteiger partial charge on any atom is -0.493 e. The molecule has 0 amide bonds. The number of aromatic nitrogens is 3. The van der Waals surface area contributed by atoms with Crippen LogP contribution in [0.5, 0.6) is 17.2 Å². The van der Waals surface area contributed by atoms with Crippen LogP contribution in [0.2, 0.25) is 0 Å². The molecule has 7 heteroatoms. The monoisotopic (exact) mass is 391 g/mol. The number of hydrogen-bond donors (Lipinski definition) is 0. The van der Waals surface area contributed by atoms with Crippen LogP contribution < -0.4 is 14.2 Å². The summed E-state index contributed by atoms with van der Waals surface area (Å²) in [4.78, 5) is 13.5. The number of fused-ring (bicyclic) bond motifs is 1. The van der Waals surface area contributed by atoms with E-state index >= 15 is 0 Å². The molecule has 0 fully saturated rings. The van der Waals surface area contributed by atoms with Crippen molar-refractivity contribution in [3.8, 4) is 39.8 Å². The second-order valence-electron chi connectivity index (χ2n) is 6.21. The molecule has 0 saturated carbocycles. The van der Waals surface area contributed by atoms with Gasteiger partial charge in [-0.3, -0.25) is 0 Å². The van der Waals surface area contributed by atoms with Crippen molar-refractivity contribution in [2.75, 3.05) is 21.3 Å². The molecule has 2 heterocycles. The highest BCUT2D eigenvalue weighted by atomic mass is 19.1. The van der Waals surface area contributed by atoms with Gasteiger partial charge in [-0.25, -0.2) is 19.3 Å². The fourth-order valence-electron chi connectivity index (χ4n) is 3.15. The van der Waals surface area contributed by atoms with Gasteiger partial charge in [-0.15, -0.1) is 0 Å². The van der Waals surface area contributed by atoms with Crippen molar-refractivity contribution in [2.45, 2.75) is 0 Å². The normalized spacial score (nSPS) is 10.8. The van der Waals surface area contributed by atoms with Crippen molar-refractivity contribution in [1.82, 2.24) is 15.0 Å². The number of halogens is 1. The summed E-state index contributed by atoms with van der Waals surface area (Å²) in [5, 5.41) is 0. The minimum atomic E-state index is -0.295. The molecule has 0 atom stereocenters. The number of pyridine rings is 1. The number of ether oxygens (including phenoxy) is 3. The van der Waals surface area contributed by atoms with Crippen molar-refractivity contribution in [1.29, 1.82) is 0 Å². The molecule has 0 aliphatic carbocycles. The van der Waals surface area contributed by atoms with Crippen LogP contribution in [0.3, 0.4) is 0 Å². The lowest BCUT2D eigenvalue weighted by Crippen LogP contribution is -1.98. The lowest BCUT2D eigenvalue weighted by Gasteiger charge is -2.14. The number of benzene rings is 2. The summed E-state index contributed by atoms with van der Waals surface area (Å²) in [5.41, 5.74) is 4.17. The molecule has 2 aromatic carbocycles. The van der Waals surface area contributed by atoms with Crippen molar-refractivity contribution in [3.63, 3.8) is 0 Å². The third-order valence-corrected chi connectivity index (χ3v) is 4.56. The Bertz CT molecular complexity index is 1150. The van der Waals surface area contributed by atoms with Gasteiger partial charge in [0.1, 0.15) is 23.4 Å².